The Bertz CT molecular complexity index is 673. The molecule has 0 radical (unpaired) electrons. The topological polar surface area (TPSA) is 160 Å². The molecule has 0 unspecified atom stereocenters. The number of aromatic nitrogens is 2. The molecule has 23 heavy (non-hydrogen) atoms. The van der Waals surface area contributed by atoms with Gasteiger partial charge in [-0.1, -0.05) is 0 Å². The van der Waals surface area contributed by atoms with Gasteiger partial charge in [-0.25, -0.2) is 9.36 Å². The Morgan fingerprint density at radius 2 is 2.22 bits per heavy atom. The summed E-state index contributed by atoms with van der Waals surface area (Å²) in [5.41, 5.74) is 5.52. The standard InChI is InChI=1S/C11H19N4O7P/c1-14(2)6-4-15(11(17)13-10(6)12)9-3-7(16)8(22-9)5-21-23(18,19)20/h4,7-9,16H,3,5H2,1-2H3,(H2,12,13,17)(H2,18,19,20)/t7-,8+,9+/m0/s1. The van der Waals surface area contributed by atoms with Crippen LogP contribution in [0.15, 0.2) is 11.0 Å². The predicted octanol–water partition coefficient (Wildman–Crippen LogP) is -1.35. The molecule has 0 aliphatic carbocycles. The summed E-state index contributed by atoms with van der Waals surface area (Å²) in [6.07, 6.45) is -1.35. The van der Waals surface area contributed by atoms with Gasteiger partial charge in [-0.15, -0.1) is 0 Å². The van der Waals surface area contributed by atoms with E-state index >= 15 is 0 Å². The van der Waals surface area contributed by atoms with Gasteiger partial charge in [-0.05, 0) is 0 Å². The predicted molar refractivity (Wildman–Crippen MR) is 79.8 cm³/mol. The molecule has 11 nitrogen and oxygen atoms in total. The summed E-state index contributed by atoms with van der Waals surface area (Å²) in [7, 11) is -1.22. The number of aliphatic hydroxyl groups excluding tert-OH is 1. The number of nitrogens with zero attached hydrogens (tertiary/aromatic N) is 3. The highest BCUT2D eigenvalue weighted by Crippen LogP contribution is 2.38. The Morgan fingerprint density at radius 3 is 2.78 bits per heavy atom. The highest BCUT2D eigenvalue weighted by atomic mass is 31.2. The monoisotopic (exact) mass is 350 g/mol. The van der Waals surface area contributed by atoms with E-state index < -0.39 is 38.6 Å². The molecule has 12 heteroatoms. The SMILES string of the molecule is CN(C)c1cn([C@H]2C[C@H](O)[C@@H](COP(=O)(O)O)O2)c(=O)nc1N. The number of phosphoric acid groups is 1. The molecule has 2 rings (SSSR count). The lowest BCUT2D eigenvalue weighted by Crippen LogP contribution is -2.30. The van der Waals surface area contributed by atoms with Crippen LogP contribution in [-0.2, 0) is 13.8 Å². The Morgan fingerprint density at radius 1 is 1.57 bits per heavy atom. The van der Waals surface area contributed by atoms with Gasteiger partial charge < -0.3 is 30.3 Å². The third-order valence-electron chi connectivity index (χ3n) is 3.36. The minimum absolute atomic E-state index is 0.0492. The van der Waals surface area contributed by atoms with Crippen molar-refractivity contribution in [3.8, 4) is 0 Å². The van der Waals surface area contributed by atoms with Crippen molar-refractivity contribution in [3.05, 3.63) is 16.7 Å². The van der Waals surface area contributed by atoms with Crippen LogP contribution in [0.3, 0.4) is 0 Å². The Balaban J connectivity index is 2.19. The fourth-order valence-corrected chi connectivity index (χ4v) is 2.57. The smallest absolute Gasteiger partial charge is 0.390 e. The summed E-state index contributed by atoms with van der Waals surface area (Å²) in [4.78, 5) is 34.7. The Hall–Kier alpha value is -1.49. The van der Waals surface area contributed by atoms with Crippen molar-refractivity contribution in [2.45, 2.75) is 24.9 Å². The van der Waals surface area contributed by atoms with Crippen molar-refractivity contribution in [1.82, 2.24) is 9.55 Å². The molecule has 0 spiro atoms. The zero-order chi connectivity index (χ0) is 17.4. The van der Waals surface area contributed by atoms with Gasteiger partial charge in [-0.3, -0.25) is 9.09 Å². The number of aliphatic hydroxyl groups is 1. The fourth-order valence-electron chi connectivity index (χ4n) is 2.23. The lowest BCUT2D eigenvalue weighted by Gasteiger charge is -2.19. The molecule has 2 heterocycles. The van der Waals surface area contributed by atoms with Crippen LogP contribution in [0, 0.1) is 0 Å². The number of nitrogens with two attached hydrogens (primary N) is 1. The van der Waals surface area contributed by atoms with Crippen molar-refractivity contribution in [3.63, 3.8) is 0 Å². The van der Waals surface area contributed by atoms with Crippen LogP contribution < -0.4 is 16.3 Å². The largest absolute Gasteiger partial charge is 0.469 e. The summed E-state index contributed by atoms with van der Waals surface area (Å²) in [5.74, 6) is 0.0659. The van der Waals surface area contributed by atoms with Gasteiger partial charge in [0.2, 0.25) is 0 Å². The fraction of sp³-hybridized carbons (Fsp3) is 0.636. The summed E-state index contributed by atoms with van der Waals surface area (Å²) >= 11 is 0. The highest BCUT2D eigenvalue weighted by Gasteiger charge is 2.37. The van der Waals surface area contributed by atoms with Gasteiger partial charge in [0, 0.05) is 26.7 Å². The first-order chi connectivity index (χ1) is 10.6. The summed E-state index contributed by atoms with van der Waals surface area (Å²) in [6.45, 7) is -0.500. The second kappa shape index (κ2) is 6.56. The summed E-state index contributed by atoms with van der Waals surface area (Å²) in [6, 6.07) is 0. The van der Waals surface area contributed by atoms with Crippen LogP contribution in [0.1, 0.15) is 12.6 Å². The first-order valence-corrected chi connectivity index (χ1v) is 8.21. The van der Waals surface area contributed by atoms with E-state index in [9.17, 15) is 14.5 Å². The number of anilines is 2. The van der Waals surface area contributed by atoms with Crippen molar-refractivity contribution in [2.24, 2.45) is 0 Å². The lowest BCUT2D eigenvalue weighted by molar-refractivity contribution is -0.0449. The minimum Gasteiger partial charge on any atom is -0.390 e. The molecule has 0 amide bonds. The first kappa shape index (κ1) is 17.9. The third kappa shape index (κ3) is 4.28. The number of hydrogen-bond acceptors (Lipinski definition) is 8. The zero-order valence-corrected chi connectivity index (χ0v) is 13.5. The van der Waals surface area contributed by atoms with Gasteiger partial charge in [0.15, 0.2) is 5.82 Å². The molecule has 0 saturated carbocycles. The molecule has 5 N–H and O–H groups in total. The normalized spacial score (nSPS) is 24.8. The minimum atomic E-state index is -4.67. The molecular formula is C11H19N4O7P. The van der Waals surface area contributed by atoms with E-state index in [1.807, 2.05) is 0 Å². The van der Waals surface area contributed by atoms with Crippen LogP contribution in [-0.4, -0.2) is 57.4 Å². The van der Waals surface area contributed by atoms with E-state index in [4.69, 9.17) is 20.3 Å². The molecule has 1 fully saturated rings. The third-order valence-corrected chi connectivity index (χ3v) is 3.85. The lowest BCUT2D eigenvalue weighted by atomic mass is 10.2. The number of rotatable bonds is 5. The van der Waals surface area contributed by atoms with Gasteiger partial charge in [0.25, 0.3) is 0 Å². The quantitative estimate of drug-likeness (QED) is 0.467. The molecule has 1 aliphatic rings. The zero-order valence-electron chi connectivity index (χ0n) is 12.6. The molecule has 130 valence electrons. The average molecular weight is 350 g/mol. The maximum atomic E-state index is 12.0. The molecular weight excluding hydrogens is 331 g/mol. The van der Waals surface area contributed by atoms with Crippen molar-refractivity contribution >= 4 is 19.3 Å². The van der Waals surface area contributed by atoms with E-state index in [1.54, 1.807) is 19.0 Å². The van der Waals surface area contributed by atoms with E-state index in [2.05, 4.69) is 9.51 Å². The van der Waals surface area contributed by atoms with Crippen molar-refractivity contribution in [2.75, 3.05) is 31.3 Å². The van der Waals surface area contributed by atoms with E-state index in [0.717, 1.165) is 0 Å². The highest BCUT2D eigenvalue weighted by molar-refractivity contribution is 7.46. The molecule has 0 bridgehead atoms. The van der Waals surface area contributed by atoms with E-state index in [1.165, 1.54) is 10.8 Å². The Labute approximate surface area is 131 Å². The number of nitrogen functional groups attached to an aromatic ring is 1. The van der Waals surface area contributed by atoms with E-state index in [0.29, 0.717) is 5.69 Å². The number of hydrogen-bond donors (Lipinski definition) is 4. The van der Waals surface area contributed by atoms with Crippen LogP contribution >= 0.6 is 7.82 Å². The molecule has 0 aromatic carbocycles. The van der Waals surface area contributed by atoms with Crippen LogP contribution in [0.4, 0.5) is 11.5 Å². The van der Waals surface area contributed by atoms with Gasteiger partial charge in [0.1, 0.15) is 12.3 Å². The maximum Gasteiger partial charge on any atom is 0.469 e. The van der Waals surface area contributed by atoms with Crippen LogP contribution in [0.25, 0.3) is 0 Å². The summed E-state index contributed by atoms with van der Waals surface area (Å²) < 4.78 is 21.7. The van der Waals surface area contributed by atoms with Crippen LogP contribution in [0.5, 0.6) is 0 Å². The summed E-state index contributed by atoms with van der Waals surface area (Å²) in [5, 5.41) is 9.91. The van der Waals surface area contributed by atoms with Gasteiger partial charge >= 0.3 is 13.5 Å². The molecule has 1 aliphatic heterocycles. The van der Waals surface area contributed by atoms with E-state index in [-0.39, 0.29) is 12.2 Å². The number of phosphoric ester groups is 1. The van der Waals surface area contributed by atoms with Crippen molar-refractivity contribution in [1.29, 1.82) is 0 Å². The molecule has 1 aromatic rings. The maximum absolute atomic E-state index is 12.0. The first-order valence-electron chi connectivity index (χ1n) is 6.68. The second-order valence-electron chi connectivity index (χ2n) is 5.31. The molecule has 1 saturated heterocycles. The van der Waals surface area contributed by atoms with Crippen LogP contribution in [0.2, 0.25) is 0 Å². The molecule has 3 atom stereocenters. The Kier molecular flexibility index (Phi) is 5.09. The van der Waals surface area contributed by atoms with Gasteiger partial charge in [-0.2, -0.15) is 4.98 Å². The molecule has 1 aromatic heterocycles. The van der Waals surface area contributed by atoms with Gasteiger partial charge in [0.05, 0.1) is 18.4 Å². The average Bonchev–Trinajstić information content (AvgIpc) is 2.76. The van der Waals surface area contributed by atoms with Crippen molar-refractivity contribution < 1.29 is 28.7 Å². The second-order valence-corrected chi connectivity index (χ2v) is 6.55. The number of ether oxygens (including phenoxy) is 1.